The first-order valence-electron chi connectivity index (χ1n) is 4.59. The lowest BCUT2D eigenvalue weighted by molar-refractivity contribution is 1.25. The molecule has 0 aromatic heterocycles. The molecule has 2 N–H and O–H groups in total. The SMILES string of the molecule is N#CCc1ccc(CSC(N)=[N+]=CCl)cc1. The molecule has 5 heteroatoms. The van der Waals surface area contributed by atoms with E-state index in [-0.39, 0.29) is 0 Å². The molecule has 1 aromatic rings. The summed E-state index contributed by atoms with van der Waals surface area (Å²) in [5.74, 6) is 0.743. The summed E-state index contributed by atoms with van der Waals surface area (Å²) in [6.45, 7) is 0. The number of thioether (sulfide) groups is 1. The molecule has 0 spiro atoms. The molecule has 0 fully saturated rings. The van der Waals surface area contributed by atoms with Crippen LogP contribution in [0.4, 0.5) is 0 Å². The van der Waals surface area contributed by atoms with Crippen LogP contribution >= 0.6 is 23.4 Å². The van der Waals surface area contributed by atoms with Crippen LogP contribution in [0.5, 0.6) is 0 Å². The third-order valence-corrected chi connectivity index (χ3v) is 2.85. The van der Waals surface area contributed by atoms with Crippen LogP contribution in [0.2, 0.25) is 0 Å². The fourth-order valence-corrected chi connectivity index (χ4v) is 1.88. The van der Waals surface area contributed by atoms with Crippen molar-refractivity contribution in [3.8, 4) is 6.07 Å². The number of nitrogens with two attached hydrogens (primary N) is 1. The van der Waals surface area contributed by atoms with Gasteiger partial charge in [-0.2, -0.15) is 9.93 Å². The van der Waals surface area contributed by atoms with Crippen molar-refractivity contribution in [1.82, 2.24) is 4.67 Å². The molecule has 1 aromatic carbocycles. The highest BCUT2D eigenvalue weighted by Crippen LogP contribution is 2.12. The van der Waals surface area contributed by atoms with Crippen molar-refractivity contribution in [2.75, 3.05) is 0 Å². The molecule has 0 aliphatic heterocycles. The van der Waals surface area contributed by atoms with Gasteiger partial charge in [0.1, 0.15) is 0 Å². The van der Waals surface area contributed by atoms with Crippen LogP contribution in [-0.4, -0.2) is 10.8 Å². The summed E-state index contributed by atoms with van der Waals surface area (Å²) in [4.78, 5) is 0. The Morgan fingerprint density at radius 2 is 2.06 bits per heavy atom. The average Bonchev–Trinajstić information content (AvgIpc) is 2.29. The second-order valence-electron chi connectivity index (χ2n) is 3.00. The Morgan fingerprint density at radius 1 is 1.44 bits per heavy atom. The van der Waals surface area contributed by atoms with Gasteiger partial charge in [0.2, 0.25) is 0 Å². The lowest BCUT2D eigenvalue weighted by Gasteiger charge is -1.98. The Morgan fingerprint density at radius 3 is 2.62 bits per heavy atom. The first-order valence-corrected chi connectivity index (χ1v) is 6.01. The zero-order valence-corrected chi connectivity index (χ0v) is 10.1. The van der Waals surface area contributed by atoms with Crippen molar-refractivity contribution in [2.45, 2.75) is 12.2 Å². The summed E-state index contributed by atoms with van der Waals surface area (Å²) in [5.41, 5.74) is 8.87. The van der Waals surface area contributed by atoms with Gasteiger partial charge in [-0.3, -0.25) is 5.73 Å². The molecular weight excluding hydrogens is 242 g/mol. The molecule has 16 heavy (non-hydrogen) atoms. The molecule has 0 amide bonds. The predicted octanol–water partition coefficient (Wildman–Crippen LogP) is 1.63. The number of nitriles is 1. The van der Waals surface area contributed by atoms with E-state index >= 15 is 0 Å². The lowest BCUT2D eigenvalue weighted by Crippen LogP contribution is -2.10. The van der Waals surface area contributed by atoms with Gasteiger partial charge in [-0.15, -0.1) is 0 Å². The third-order valence-electron chi connectivity index (χ3n) is 1.87. The number of hydrogen-bond acceptors (Lipinski definition) is 2. The third kappa shape index (κ3) is 4.41. The Bertz CT molecular complexity index is 441. The fraction of sp³-hybridized carbons (Fsp3) is 0.182. The van der Waals surface area contributed by atoms with Crippen LogP contribution in [0.1, 0.15) is 11.1 Å². The van der Waals surface area contributed by atoms with Gasteiger partial charge in [0.25, 0.3) is 5.67 Å². The standard InChI is InChI=1S/C11H10ClN3S/c12-8-15-11(14)16-7-10-3-1-9(2-4-10)5-6-13/h1-4,8,14H,5,7H2/p+1. The minimum Gasteiger partial charge on any atom is -0.267 e. The quantitative estimate of drug-likeness (QED) is 0.505. The smallest absolute Gasteiger partial charge is 0.267 e. The maximum Gasteiger partial charge on any atom is 0.403 e. The number of benzene rings is 1. The Kier molecular flexibility index (Phi) is 5.52. The maximum absolute atomic E-state index is 8.52. The van der Waals surface area contributed by atoms with E-state index in [1.54, 1.807) is 0 Å². The van der Waals surface area contributed by atoms with Crippen LogP contribution in [0.3, 0.4) is 0 Å². The summed E-state index contributed by atoms with van der Waals surface area (Å²) < 4.78 is 3.74. The summed E-state index contributed by atoms with van der Waals surface area (Å²) in [6.07, 6.45) is 0.443. The van der Waals surface area contributed by atoms with Gasteiger partial charge in [0.05, 0.1) is 12.5 Å². The molecule has 3 nitrogen and oxygen atoms in total. The van der Waals surface area contributed by atoms with Crippen LogP contribution in [-0.2, 0) is 12.2 Å². The van der Waals surface area contributed by atoms with E-state index in [1.165, 1.54) is 11.8 Å². The maximum atomic E-state index is 8.52. The predicted molar refractivity (Wildman–Crippen MR) is 70.3 cm³/mol. The number of halogens is 1. The van der Waals surface area contributed by atoms with E-state index in [4.69, 9.17) is 22.6 Å². The molecule has 0 unspecified atom stereocenters. The molecule has 0 heterocycles. The van der Waals surface area contributed by atoms with Gasteiger partial charge < -0.3 is 0 Å². The van der Waals surface area contributed by atoms with E-state index in [2.05, 4.69) is 10.7 Å². The molecule has 0 radical (unpaired) electrons. The van der Waals surface area contributed by atoms with Crippen molar-refractivity contribution < 1.29 is 0 Å². The Labute approximate surface area is 104 Å². The first-order chi connectivity index (χ1) is 7.76. The normalized spacial score (nSPS) is 9.00. The van der Waals surface area contributed by atoms with Gasteiger partial charge in [0.15, 0.2) is 0 Å². The van der Waals surface area contributed by atoms with Gasteiger partial charge in [-0.1, -0.05) is 24.3 Å². The van der Waals surface area contributed by atoms with Crippen molar-refractivity contribution >= 4 is 34.2 Å². The van der Waals surface area contributed by atoms with E-state index in [9.17, 15) is 0 Å². The molecule has 0 aliphatic rings. The summed E-state index contributed by atoms with van der Waals surface area (Å²) in [5, 5.41) is 8.96. The van der Waals surface area contributed by atoms with Crippen LogP contribution in [0, 0.1) is 11.3 Å². The van der Waals surface area contributed by atoms with E-state index in [1.807, 2.05) is 24.3 Å². The van der Waals surface area contributed by atoms with Crippen LogP contribution < -0.4 is 10.4 Å². The molecule has 0 saturated heterocycles. The average molecular weight is 253 g/mol. The molecular formula is C11H11ClN3S+. The van der Waals surface area contributed by atoms with Crippen LogP contribution in [0.25, 0.3) is 0 Å². The molecule has 0 atom stereocenters. The zero-order chi connectivity index (χ0) is 11.8. The summed E-state index contributed by atoms with van der Waals surface area (Å²) >= 11 is 6.72. The molecule has 0 saturated carbocycles. The highest BCUT2D eigenvalue weighted by Gasteiger charge is 2.02. The summed E-state index contributed by atoms with van der Waals surface area (Å²) in [6, 6.07) is 9.96. The van der Waals surface area contributed by atoms with Crippen LogP contribution in [0.15, 0.2) is 24.3 Å². The minimum absolute atomic E-state index is 0.441. The van der Waals surface area contributed by atoms with Gasteiger partial charge in [0, 0.05) is 5.75 Å². The molecule has 0 aliphatic carbocycles. The molecule has 1 rings (SSSR count). The van der Waals surface area contributed by atoms with E-state index in [0.717, 1.165) is 22.6 Å². The zero-order valence-electron chi connectivity index (χ0n) is 8.56. The number of amidine groups is 1. The first kappa shape index (κ1) is 12.7. The highest BCUT2D eigenvalue weighted by molar-refractivity contribution is 8.13. The lowest BCUT2D eigenvalue weighted by atomic mass is 10.1. The Hall–Kier alpha value is -1.40. The van der Waals surface area contributed by atoms with Gasteiger partial charge in [-0.25, -0.2) is 0 Å². The van der Waals surface area contributed by atoms with Gasteiger partial charge in [-0.05, 0) is 34.5 Å². The molecule has 82 valence electrons. The largest absolute Gasteiger partial charge is 0.403 e. The van der Waals surface area contributed by atoms with Crippen molar-refractivity contribution in [3.05, 3.63) is 35.4 Å². The van der Waals surface area contributed by atoms with Gasteiger partial charge >= 0.3 is 5.17 Å². The second-order valence-corrected chi connectivity index (χ2v) is 4.20. The highest BCUT2D eigenvalue weighted by atomic mass is 35.5. The monoisotopic (exact) mass is 252 g/mol. The number of rotatable bonds is 3. The number of nitrogens with zero attached hydrogens (tertiary/aromatic N) is 2. The molecule has 0 bridgehead atoms. The Balaban J connectivity index is 2.56. The van der Waals surface area contributed by atoms with E-state index < -0.39 is 0 Å². The minimum atomic E-state index is 0.441. The fourth-order valence-electron chi connectivity index (χ4n) is 1.09. The van der Waals surface area contributed by atoms with E-state index in [0.29, 0.717) is 11.6 Å². The second kappa shape index (κ2) is 6.97. The van der Waals surface area contributed by atoms with Crippen molar-refractivity contribution in [2.24, 2.45) is 5.73 Å². The summed E-state index contributed by atoms with van der Waals surface area (Å²) in [7, 11) is 0. The van der Waals surface area contributed by atoms with Crippen molar-refractivity contribution in [3.63, 3.8) is 0 Å². The number of hydrogen-bond donors (Lipinski definition) is 1. The topological polar surface area (TPSA) is 63.9 Å². The van der Waals surface area contributed by atoms with Crippen molar-refractivity contribution in [1.29, 1.82) is 5.26 Å².